The van der Waals surface area contributed by atoms with Crippen LogP contribution in [-0.4, -0.2) is 4.98 Å². The van der Waals surface area contributed by atoms with Gasteiger partial charge in [-0.15, -0.1) is 0 Å². The predicted octanol–water partition coefficient (Wildman–Crippen LogP) is 2.34. The molecule has 0 spiro atoms. The Balaban J connectivity index is 3.19. The Labute approximate surface area is 72.4 Å². The van der Waals surface area contributed by atoms with Crippen LogP contribution in [0.2, 0.25) is 0 Å². The lowest BCUT2D eigenvalue weighted by atomic mass is 10.1. The van der Waals surface area contributed by atoms with Crippen LogP contribution in [0, 0.1) is 0 Å². The van der Waals surface area contributed by atoms with Crippen LogP contribution in [0.4, 0.5) is 5.69 Å². The Morgan fingerprint density at radius 2 is 2.33 bits per heavy atom. The molecular weight excluding hydrogens is 148 g/mol. The van der Waals surface area contributed by atoms with Crippen LogP contribution in [0.25, 0.3) is 12.2 Å². The summed E-state index contributed by atoms with van der Waals surface area (Å²) >= 11 is 0. The predicted molar refractivity (Wildman–Crippen MR) is 53.4 cm³/mol. The van der Waals surface area contributed by atoms with Gasteiger partial charge in [0.15, 0.2) is 0 Å². The first-order valence-corrected chi connectivity index (χ1v) is 3.78. The summed E-state index contributed by atoms with van der Waals surface area (Å²) in [7, 11) is 0. The molecule has 1 aromatic heterocycles. The van der Waals surface area contributed by atoms with Gasteiger partial charge in [-0.3, -0.25) is 4.98 Å². The molecule has 2 heteroatoms. The smallest absolute Gasteiger partial charge is 0.0700 e. The maximum atomic E-state index is 5.56. The van der Waals surface area contributed by atoms with E-state index >= 15 is 0 Å². The van der Waals surface area contributed by atoms with E-state index in [1.165, 1.54) is 0 Å². The Bertz CT molecular complexity index is 314. The molecule has 12 heavy (non-hydrogen) atoms. The molecule has 1 heterocycles. The van der Waals surface area contributed by atoms with Crippen LogP contribution in [0.15, 0.2) is 24.9 Å². The number of hydrogen-bond acceptors (Lipinski definition) is 2. The summed E-state index contributed by atoms with van der Waals surface area (Å²) in [4.78, 5) is 4.16. The number of nitrogens with two attached hydrogens (primary N) is 1. The molecule has 1 rings (SSSR count). The minimum atomic E-state index is 0.665. The third-order valence-electron chi connectivity index (χ3n) is 1.52. The Morgan fingerprint density at radius 1 is 1.58 bits per heavy atom. The number of rotatable bonds is 2. The average Bonchev–Trinajstić information content (AvgIpc) is 2.08. The third-order valence-corrected chi connectivity index (χ3v) is 1.52. The number of nitrogens with zero attached hydrogens (tertiary/aromatic N) is 1. The highest BCUT2D eigenvalue weighted by atomic mass is 14.7. The maximum Gasteiger partial charge on any atom is 0.0700 e. The van der Waals surface area contributed by atoms with E-state index < -0.39 is 0 Å². The summed E-state index contributed by atoms with van der Waals surface area (Å²) in [5.74, 6) is 0. The third kappa shape index (κ3) is 1.72. The Hall–Kier alpha value is -1.57. The molecule has 0 aliphatic carbocycles. The SMILES string of the molecule is C=Cc1cc(N)cnc1/C=C\C. The van der Waals surface area contributed by atoms with Crippen molar-refractivity contribution in [2.45, 2.75) is 6.92 Å². The van der Waals surface area contributed by atoms with Crippen molar-refractivity contribution in [3.63, 3.8) is 0 Å². The fourth-order valence-electron chi connectivity index (χ4n) is 0.970. The zero-order valence-corrected chi connectivity index (χ0v) is 7.12. The van der Waals surface area contributed by atoms with Gasteiger partial charge in [-0.1, -0.05) is 18.7 Å². The first kappa shape index (κ1) is 8.53. The molecule has 62 valence electrons. The molecule has 0 aromatic carbocycles. The van der Waals surface area contributed by atoms with Crippen molar-refractivity contribution < 1.29 is 0 Å². The van der Waals surface area contributed by atoms with E-state index in [0.717, 1.165) is 11.3 Å². The van der Waals surface area contributed by atoms with Gasteiger partial charge in [0.1, 0.15) is 0 Å². The van der Waals surface area contributed by atoms with E-state index in [9.17, 15) is 0 Å². The summed E-state index contributed by atoms with van der Waals surface area (Å²) in [6, 6.07) is 1.86. The maximum absolute atomic E-state index is 5.56. The van der Waals surface area contributed by atoms with Crippen LogP contribution in [0.5, 0.6) is 0 Å². The van der Waals surface area contributed by atoms with Crippen molar-refractivity contribution in [2.24, 2.45) is 0 Å². The summed E-state index contributed by atoms with van der Waals surface area (Å²) in [5.41, 5.74) is 8.10. The monoisotopic (exact) mass is 160 g/mol. The molecular formula is C10H12N2. The van der Waals surface area contributed by atoms with E-state index in [4.69, 9.17) is 5.73 Å². The zero-order chi connectivity index (χ0) is 8.97. The van der Waals surface area contributed by atoms with Crippen LogP contribution < -0.4 is 5.73 Å². The van der Waals surface area contributed by atoms with Crippen molar-refractivity contribution in [3.8, 4) is 0 Å². The fraction of sp³-hybridized carbons (Fsp3) is 0.100. The summed E-state index contributed by atoms with van der Waals surface area (Å²) < 4.78 is 0. The van der Waals surface area contributed by atoms with Crippen LogP contribution in [-0.2, 0) is 0 Å². The van der Waals surface area contributed by atoms with Crippen LogP contribution in [0.1, 0.15) is 18.2 Å². The van der Waals surface area contributed by atoms with Gasteiger partial charge in [0.25, 0.3) is 0 Å². The van der Waals surface area contributed by atoms with Crippen molar-refractivity contribution >= 4 is 17.8 Å². The highest BCUT2D eigenvalue weighted by Gasteiger charge is 1.96. The van der Waals surface area contributed by atoms with E-state index in [1.807, 2.05) is 25.1 Å². The van der Waals surface area contributed by atoms with Gasteiger partial charge < -0.3 is 5.73 Å². The molecule has 0 fully saturated rings. The number of nitrogen functional groups attached to an aromatic ring is 1. The molecule has 0 bridgehead atoms. The molecule has 2 nitrogen and oxygen atoms in total. The lowest BCUT2D eigenvalue weighted by molar-refractivity contribution is 1.28. The largest absolute Gasteiger partial charge is 0.397 e. The van der Waals surface area contributed by atoms with Crippen molar-refractivity contribution in [1.29, 1.82) is 0 Å². The molecule has 0 amide bonds. The lowest BCUT2D eigenvalue weighted by Gasteiger charge is -2.00. The van der Waals surface area contributed by atoms with Crippen molar-refractivity contribution in [1.82, 2.24) is 4.98 Å². The van der Waals surface area contributed by atoms with Crippen molar-refractivity contribution in [2.75, 3.05) is 5.73 Å². The van der Waals surface area contributed by atoms with Gasteiger partial charge in [0.05, 0.1) is 17.6 Å². The summed E-state index contributed by atoms with van der Waals surface area (Å²) in [6.45, 7) is 5.63. The van der Waals surface area contributed by atoms with E-state index in [2.05, 4.69) is 11.6 Å². The quantitative estimate of drug-likeness (QED) is 0.721. The number of anilines is 1. The van der Waals surface area contributed by atoms with Gasteiger partial charge >= 0.3 is 0 Å². The van der Waals surface area contributed by atoms with E-state index in [1.54, 1.807) is 12.3 Å². The lowest BCUT2D eigenvalue weighted by Crippen LogP contribution is -1.91. The average molecular weight is 160 g/mol. The van der Waals surface area contributed by atoms with Gasteiger partial charge in [-0.05, 0) is 19.1 Å². The highest BCUT2D eigenvalue weighted by Crippen LogP contribution is 2.12. The first-order valence-electron chi connectivity index (χ1n) is 3.78. The van der Waals surface area contributed by atoms with Crippen molar-refractivity contribution in [3.05, 3.63) is 36.2 Å². The number of aromatic nitrogens is 1. The second kappa shape index (κ2) is 3.72. The number of pyridine rings is 1. The van der Waals surface area contributed by atoms with Gasteiger partial charge in [0, 0.05) is 5.56 Å². The molecule has 0 radical (unpaired) electrons. The topological polar surface area (TPSA) is 38.9 Å². The fourth-order valence-corrected chi connectivity index (χ4v) is 0.970. The highest BCUT2D eigenvalue weighted by molar-refractivity contribution is 5.64. The second-order valence-corrected chi connectivity index (χ2v) is 2.45. The summed E-state index contributed by atoms with van der Waals surface area (Å²) in [5, 5.41) is 0. The Morgan fingerprint density at radius 3 is 2.92 bits per heavy atom. The normalized spacial score (nSPS) is 10.4. The molecule has 0 saturated carbocycles. The minimum Gasteiger partial charge on any atom is -0.397 e. The molecule has 0 aliphatic heterocycles. The molecule has 0 atom stereocenters. The second-order valence-electron chi connectivity index (χ2n) is 2.45. The van der Waals surface area contributed by atoms with Gasteiger partial charge in [-0.25, -0.2) is 0 Å². The van der Waals surface area contributed by atoms with E-state index in [0.29, 0.717) is 5.69 Å². The molecule has 0 saturated heterocycles. The Kier molecular flexibility index (Phi) is 2.64. The van der Waals surface area contributed by atoms with Crippen LogP contribution >= 0.6 is 0 Å². The number of hydrogen-bond donors (Lipinski definition) is 1. The van der Waals surface area contributed by atoms with Crippen LogP contribution in [0.3, 0.4) is 0 Å². The molecule has 1 aromatic rings. The summed E-state index contributed by atoms with van der Waals surface area (Å²) in [6.07, 6.45) is 7.25. The van der Waals surface area contributed by atoms with E-state index in [-0.39, 0.29) is 0 Å². The number of allylic oxidation sites excluding steroid dienone is 1. The standard InChI is InChI=1S/C10H12N2/c1-3-5-10-8(4-2)6-9(11)7-12-10/h3-7H,2,11H2,1H3/b5-3-. The van der Waals surface area contributed by atoms with Gasteiger partial charge in [-0.2, -0.15) is 0 Å². The molecule has 0 unspecified atom stereocenters. The van der Waals surface area contributed by atoms with Gasteiger partial charge in [0.2, 0.25) is 0 Å². The molecule has 0 aliphatic rings. The first-order chi connectivity index (χ1) is 5.77. The zero-order valence-electron chi connectivity index (χ0n) is 7.12. The molecule has 2 N–H and O–H groups in total. The minimum absolute atomic E-state index is 0.665.